The predicted octanol–water partition coefficient (Wildman–Crippen LogP) is 2.43. The van der Waals surface area contributed by atoms with Crippen LogP contribution in [0, 0.1) is 5.41 Å². The first-order valence-electron chi connectivity index (χ1n) is 7.98. The van der Waals surface area contributed by atoms with Crippen LogP contribution < -0.4 is 20.1 Å². The van der Waals surface area contributed by atoms with E-state index in [1.165, 1.54) is 0 Å². The van der Waals surface area contributed by atoms with Gasteiger partial charge in [-0.1, -0.05) is 20.8 Å². The minimum atomic E-state index is -0.458. The minimum absolute atomic E-state index is 0.0693. The molecule has 0 saturated carbocycles. The van der Waals surface area contributed by atoms with E-state index in [-0.39, 0.29) is 24.3 Å². The molecule has 2 amide bonds. The van der Waals surface area contributed by atoms with Crippen LogP contribution in [-0.4, -0.2) is 32.6 Å². The highest BCUT2D eigenvalue weighted by atomic mass is 16.5. The lowest BCUT2D eigenvalue weighted by Gasteiger charge is -2.19. The number of carbonyl (C=O) groups excluding carboxylic acids is 2. The summed E-state index contributed by atoms with van der Waals surface area (Å²) in [5.41, 5.74) is 0.408. The van der Waals surface area contributed by atoms with Gasteiger partial charge in [0, 0.05) is 30.0 Å². The second-order valence-corrected chi connectivity index (χ2v) is 6.65. The summed E-state index contributed by atoms with van der Waals surface area (Å²) in [7, 11) is 3.17. The Morgan fingerprint density at radius 1 is 1.17 bits per heavy atom. The fourth-order valence-corrected chi connectivity index (χ4v) is 2.12. The van der Waals surface area contributed by atoms with Gasteiger partial charge >= 0.3 is 0 Å². The summed E-state index contributed by atoms with van der Waals surface area (Å²) >= 11 is 0. The average molecular weight is 336 g/mol. The third-order valence-corrected chi connectivity index (χ3v) is 3.60. The number of benzene rings is 1. The van der Waals surface area contributed by atoms with Gasteiger partial charge in [0.15, 0.2) is 0 Å². The van der Waals surface area contributed by atoms with Crippen molar-refractivity contribution in [3.05, 3.63) is 23.8 Å². The lowest BCUT2D eigenvalue weighted by atomic mass is 9.96. The van der Waals surface area contributed by atoms with Crippen LogP contribution in [0.15, 0.2) is 18.2 Å². The molecule has 1 unspecified atom stereocenters. The van der Waals surface area contributed by atoms with Gasteiger partial charge in [-0.2, -0.15) is 0 Å². The van der Waals surface area contributed by atoms with E-state index in [1.807, 2.05) is 39.8 Å². The third kappa shape index (κ3) is 5.76. The van der Waals surface area contributed by atoms with Crippen molar-refractivity contribution in [3.63, 3.8) is 0 Å². The van der Waals surface area contributed by atoms with Gasteiger partial charge in [0.05, 0.1) is 20.3 Å². The van der Waals surface area contributed by atoms with Gasteiger partial charge in [-0.25, -0.2) is 0 Å². The Hall–Kier alpha value is -2.24. The molecule has 1 rings (SSSR count). The van der Waals surface area contributed by atoms with Crippen LogP contribution in [0.2, 0.25) is 0 Å². The highest BCUT2D eigenvalue weighted by Crippen LogP contribution is 2.29. The van der Waals surface area contributed by atoms with E-state index in [1.54, 1.807) is 20.3 Å². The van der Waals surface area contributed by atoms with Gasteiger partial charge in [-0.3, -0.25) is 9.59 Å². The first-order valence-corrected chi connectivity index (χ1v) is 7.98. The van der Waals surface area contributed by atoms with Crippen LogP contribution in [0.25, 0.3) is 0 Å². The molecule has 1 aromatic carbocycles. The molecule has 0 saturated heterocycles. The number of ether oxygens (including phenoxy) is 2. The SMILES string of the molecule is COc1ccc(C(C)NC(=O)CCNC(=O)C(C)(C)C)c(OC)c1. The molecule has 0 spiro atoms. The Labute approximate surface area is 143 Å². The summed E-state index contributed by atoms with van der Waals surface area (Å²) in [6.45, 7) is 7.70. The number of amides is 2. The molecule has 134 valence electrons. The number of hydrogen-bond acceptors (Lipinski definition) is 4. The average Bonchev–Trinajstić information content (AvgIpc) is 2.52. The molecule has 0 bridgehead atoms. The maximum Gasteiger partial charge on any atom is 0.225 e. The number of hydrogen-bond donors (Lipinski definition) is 2. The normalized spacial score (nSPS) is 12.2. The van der Waals surface area contributed by atoms with Crippen LogP contribution in [0.4, 0.5) is 0 Å². The van der Waals surface area contributed by atoms with Gasteiger partial charge < -0.3 is 20.1 Å². The summed E-state index contributed by atoms with van der Waals surface area (Å²) in [6, 6.07) is 5.26. The molecule has 2 N–H and O–H groups in total. The van der Waals surface area contributed by atoms with Gasteiger partial charge in [0.2, 0.25) is 11.8 Å². The zero-order valence-corrected chi connectivity index (χ0v) is 15.4. The van der Waals surface area contributed by atoms with E-state index in [4.69, 9.17) is 9.47 Å². The number of methoxy groups -OCH3 is 2. The first-order chi connectivity index (χ1) is 11.2. The van der Waals surface area contributed by atoms with E-state index in [0.29, 0.717) is 18.0 Å². The molecule has 0 aliphatic rings. The van der Waals surface area contributed by atoms with Gasteiger partial charge in [0.25, 0.3) is 0 Å². The minimum Gasteiger partial charge on any atom is -0.497 e. The summed E-state index contributed by atoms with van der Waals surface area (Å²) in [5.74, 6) is 1.15. The lowest BCUT2D eigenvalue weighted by molar-refractivity contribution is -0.128. The molecule has 6 heteroatoms. The zero-order valence-electron chi connectivity index (χ0n) is 15.4. The lowest BCUT2D eigenvalue weighted by Crippen LogP contribution is -2.37. The molecular weight excluding hydrogens is 308 g/mol. The van der Waals surface area contributed by atoms with Crippen molar-refractivity contribution < 1.29 is 19.1 Å². The third-order valence-electron chi connectivity index (χ3n) is 3.60. The van der Waals surface area contributed by atoms with Gasteiger partial charge in [0.1, 0.15) is 11.5 Å². The van der Waals surface area contributed by atoms with Crippen LogP contribution in [-0.2, 0) is 9.59 Å². The highest BCUT2D eigenvalue weighted by molar-refractivity contribution is 5.82. The van der Waals surface area contributed by atoms with E-state index in [9.17, 15) is 9.59 Å². The first kappa shape index (κ1) is 19.8. The van der Waals surface area contributed by atoms with Crippen molar-refractivity contribution in [2.45, 2.75) is 40.2 Å². The summed E-state index contributed by atoms with van der Waals surface area (Å²) in [4.78, 5) is 23.8. The Bertz CT molecular complexity index is 579. The van der Waals surface area contributed by atoms with Crippen molar-refractivity contribution in [1.82, 2.24) is 10.6 Å². The maximum atomic E-state index is 12.1. The zero-order chi connectivity index (χ0) is 18.3. The second kappa shape index (κ2) is 8.57. The number of nitrogens with one attached hydrogen (secondary N) is 2. The second-order valence-electron chi connectivity index (χ2n) is 6.65. The fraction of sp³-hybridized carbons (Fsp3) is 0.556. The fourth-order valence-electron chi connectivity index (χ4n) is 2.12. The van der Waals surface area contributed by atoms with Crippen LogP contribution in [0.1, 0.15) is 45.7 Å². The van der Waals surface area contributed by atoms with Crippen molar-refractivity contribution in [2.75, 3.05) is 20.8 Å². The van der Waals surface area contributed by atoms with Crippen molar-refractivity contribution >= 4 is 11.8 Å². The summed E-state index contributed by atoms with van der Waals surface area (Å²) in [5, 5.41) is 5.67. The van der Waals surface area contributed by atoms with Crippen LogP contribution in [0.5, 0.6) is 11.5 Å². The summed E-state index contributed by atoms with van der Waals surface area (Å²) in [6.07, 6.45) is 0.227. The molecule has 6 nitrogen and oxygen atoms in total. The smallest absolute Gasteiger partial charge is 0.225 e. The molecule has 0 heterocycles. The molecule has 0 fully saturated rings. The number of carbonyl (C=O) groups is 2. The molecule has 1 aromatic rings. The number of rotatable bonds is 7. The Balaban J connectivity index is 2.57. The molecule has 0 radical (unpaired) electrons. The Kier molecular flexibility index (Phi) is 7.07. The largest absolute Gasteiger partial charge is 0.497 e. The molecule has 0 aliphatic heterocycles. The predicted molar refractivity (Wildman–Crippen MR) is 93.2 cm³/mol. The van der Waals surface area contributed by atoms with Crippen molar-refractivity contribution in [2.24, 2.45) is 5.41 Å². The molecule has 0 aromatic heterocycles. The summed E-state index contributed by atoms with van der Waals surface area (Å²) < 4.78 is 10.5. The monoisotopic (exact) mass is 336 g/mol. The standard InChI is InChI=1S/C18H28N2O4/c1-12(14-8-7-13(23-5)11-15(14)24-6)20-16(21)9-10-19-17(22)18(2,3)4/h7-8,11-12H,9-10H2,1-6H3,(H,19,22)(H,20,21). The van der Waals surface area contributed by atoms with Crippen molar-refractivity contribution in [3.8, 4) is 11.5 Å². The van der Waals surface area contributed by atoms with Crippen molar-refractivity contribution in [1.29, 1.82) is 0 Å². The van der Waals surface area contributed by atoms with E-state index in [2.05, 4.69) is 10.6 Å². The van der Waals surface area contributed by atoms with Crippen LogP contribution in [0.3, 0.4) is 0 Å². The molecule has 24 heavy (non-hydrogen) atoms. The molecule has 1 atom stereocenters. The van der Waals surface area contributed by atoms with Gasteiger partial charge in [-0.05, 0) is 19.1 Å². The van der Waals surface area contributed by atoms with Crippen LogP contribution >= 0.6 is 0 Å². The maximum absolute atomic E-state index is 12.1. The van der Waals surface area contributed by atoms with Gasteiger partial charge in [-0.15, -0.1) is 0 Å². The van der Waals surface area contributed by atoms with E-state index in [0.717, 1.165) is 5.56 Å². The van der Waals surface area contributed by atoms with E-state index < -0.39 is 5.41 Å². The quantitative estimate of drug-likeness (QED) is 0.802. The Morgan fingerprint density at radius 3 is 2.38 bits per heavy atom. The Morgan fingerprint density at radius 2 is 1.83 bits per heavy atom. The topological polar surface area (TPSA) is 76.7 Å². The molecule has 0 aliphatic carbocycles. The highest BCUT2D eigenvalue weighted by Gasteiger charge is 2.21. The van der Waals surface area contributed by atoms with E-state index >= 15 is 0 Å². The molecular formula is C18H28N2O4.